The number of piperidine rings is 1. The van der Waals surface area contributed by atoms with E-state index < -0.39 is 30.8 Å². The molecule has 9 nitrogen and oxygen atoms in total. The number of carboxylic acids is 2. The second-order valence-corrected chi connectivity index (χ2v) is 10.2. The molecule has 3 aliphatic rings. The van der Waals surface area contributed by atoms with Gasteiger partial charge in [-0.05, 0) is 35.9 Å². The summed E-state index contributed by atoms with van der Waals surface area (Å²) < 4.78 is 43.6. The molecule has 1 spiro atoms. The zero-order chi connectivity index (χ0) is 28.4. The van der Waals surface area contributed by atoms with E-state index in [-0.39, 0.29) is 11.6 Å². The number of halogens is 4. The van der Waals surface area contributed by atoms with Crippen molar-refractivity contribution in [1.29, 1.82) is 0 Å². The average molecular weight is 573 g/mol. The summed E-state index contributed by atoms with van der Waals surface area (Å²) in [6.07, 6.45) is -2.89. The number of hydrogen-bond acceptors (Lipinski definition) is 7. The minimum Gasteiger partial charge on any atom is -0.487 e. The molecule has 3 aliphatic heterocycles. The summed E-state index contributed by atoms with van der Waals surface area (Å²) >= 11 is 6.15. The van der Waals surface area contributed by atoms with E-state index in [1.165, 1.54) is 5.56 Å². The van der Waals surface area contributed by atoms with Crippen LogP contribution in [0.1, 0.15) is 18.4 Å². The fourth-order valence-electron chi connectivity index (χ4n) is 5.25. The Bertz CT molecular complexity index is 1200. The van der Waals surface area contributed by atoms with Crippen molar-refractivity contribution in [3.8, 4) is 11.5 Å². The Kier molecular flexibility index (Phi) is 8.48. The molecule has 0 aliphatic carbocycles. The van der Waals surface area contributed by atoms with Crippen molar-refractivity contribution in [2.45, 2.75) is 43.2 Å². The highest BCUT2D eigenvalue weighted by atomic mass is 35.5. The molecule has 13 heteroatoms. The van der Waals surface area contributed by atoms with E-state index in [4.69, 9.17) is 36.1 Å². The maximum absolute atomic E-state index is 10.9. The summed E-state index contributed by atoms with van der Waals surface area (Å²) in [6, 6.07) is 13.2. The van der Waals surface area contributed by atoms with Gasteiger partial charge in [-0.15, -0.1) is 0 Å². The minimum absolute atomic E-state index is 0.0121. The highest BCUT2D eigenvalue weighted by Crippen LogP contribution is 2.43. The number of alkyl halides is 3. The number of likely N-dealkylation sites (tertiary alicyclic amines) is 1. The third-order valence-corrected chi connectivity index (χ3v) is 7.33. The van der Waals surface area contributed by atoms with E-state index in [1.54, 1.807) is 6.07 Å². The topological polar surface area (TPSA) is 120 Å². The molecule has 0 amide bonds. The SMILES string of the molecule is O=C(O)C(F)(F)F.O=C(O)COc1ccccc1N1CC(N2CCC3(CC2)Cc2cc(Cl)ccc2O3)[C@H](O)C1. The highest BCUT2D eigenvalue weighted by molar-refractivity contribution is 6.30. The molecular formula is C26H28ClF3N2O7. The Hall–Kier alpha value is -3.22. The van der Waals surface area contributed by atoms with Gasteiger partial charge >= 0.3 is 18.1 Å². The predicted molar refractivity (Wildman–Crippen MR) is 135 cm³/mol. The lowest BCUT2D eigenvalue weighted by molar-refractivity contribution is -0.192. The number of β-amino-alcohol motifs (C(OH)–C–C–N with tert-alkyl or cyclic N) is 1. The van der Waals surface area contributed by atoms with Crippen molar-refractivity contribution in [3.05, 3.63) is 53.1 Å². The van der Waals surface area contributed by atoms with Gasteiger partial charge in [-0.25, -0.2) is 9.59 Å². The second-order valence-electron chi connectivity index (χ2n) is 9.74. The number of aliphatic carboxylic acids is 2. The Labute approximate surface area is 227 Å². The van der Waals surface area contributed by atoms with Crippen LogP contribution in [0.25, 0.3) is 0 Å². The molecule has 0 bridgehead atoms. The maximum atomic E-state index is 10.9. The lowest BCUT2D eigenvalue weighted by Crippen LogP contribution is -2.53. The number of aliphatic hydroxyl groups is 1. The number of para-hydroxylation sites is 2. The normalized spacial score (nSPS) is 22.0. The zero-order valence-corrected chi connectivity index (χ0v) is 21.5. The summed E-state index contributed by atoms with van der Waals surface area (Å²) in [5.41, 5.74) is 1.82. The van der Waals surface area contributed by atoms with Gasteiger partial charge in [0, 0.05) is 50.5 Å². The molecule has 0 aromatic heterocycles. The van der Waals surface area contributed by atoms with Crippen LogP contribution >= 0.6 is 11.6 Å². The smallest absolute Gasteiger partial charge is 0.487 e. The van der Waals surface area contributed by atoms with Crippen LogP contribution in [0.5, 0.6) is 11.5 Å². The Balaban J connectivity index is 0.000000448. The first-order valence-corrected chi connectivity index (χ1v) is 12.6. The summed E-state index contributed by atoms with van der Waals surface area (Å²) in [6.45, 7) is 2.47. The minimum atomic E-state index is -5.08. The molecule has 1 unspecified atom stereocenters. The van der Waals surface area contributed by atoms with E-state index in [0.29, 0.717) is 18.8 Å². The molecule has 2 aromatic carbocycles. The molecule has 2 saturated heterocycles. The second kappa shape index (κ2) is 11.5. The van der Waals surface area contributed by atoms with Crippen molar-refractivity contribution < 1.29 is 47.6 Å². The number of anilines is 1. The van der Waals surface area contributed by atoms with E-state index >= 15 is 0 Å². The summed E-state index contributed by atoms with van der Waals surface area (Å²) in [4.78, 5) is 24.2. The van der Waals surface area contributed by atoms with Crippen LogP contribution in [0.2, 0.25) is 5.02 Å². The summed E-state index contributed by atoms with van der Waals surface area (Å²) in [5, 5.41) is 27.7. The fraction of sp³-hybridized carbons (Fsp3) is 0.462. The van der Waals surface area contributed by atoms with Crippen LogP contribution in [0.3, 0.4) is 0 Å². The van der Waals surface area contributed by atoms with Gasteiger partial charge in [0.1, 0.15) is 17.1 Å². The van der Waals surface area contributed by atoms with Crippen molar-refractivity contribution in [1.82, 2.24) is 4.90 Å². The molecule has 0 radical (unpaired) electrons. The molecule has 39 heavy (non-hydrogen) atoms. The van der Waals surface area contributed by atoms with Crippen molar-refractivity contribution in [2.75, 3.05) is 37.7 Å². The first kappa shape index (κ1) is 28.8. The molecule has 0 saturated carbocycles. The Morgan fingerprint density at radius 3 is 2.41 bits per heavy atom. The van der Waals surface area contributed by atoms with Crippen molar-refractivity contribution in [2.24, 2.45) is 0 Å². The van der Waals surface area contributed by atoms with Crippen LogP contribution in [-0.4, -0.2) is 88.9 Å². The van der Waals surface area contributed by atoms with Crippen molar-refractivity contribution in [3.63, 3.8) is 0 Å². The van der Waals surface area contributed by atoms with Gasteiger partial charge in [0.15, 0.2) is 6.61 Å². The van der Waals surface area contributed by atoms with E-state index in [2.05, 4.69) is 9.80 Å². The number of carbonyl (C=O) groups is 2. The molecule has 5 rings (SSSR count). The number of benzene rings is 2. The predicted octanol–water partition coefficient (Wildman–Crippen LogP) is 3.46. The number of aliphatic hydroxyl groups excluding tert-OH is 1. The molecule has 3 N–H and O–H groups in total. The molecule has 2 aromatic rings. The van der Waals surface area contributed by atoms with E-state index in [0.717, 1.165) is 48.8 Å². The molecule has 2 atom stereocenters. The van der Waals surface area contributed by atoms with Crippen LogP contribution in [0.4, 0.5) is 18.9 Å². The largest absolute Gasteiger partial charge is 0.490 e. The average Bonchev–Trinajstić information content (AvgIpc) is 3.43. The highest BCUT2D eigenvalue weighted by Gasteiger charge is 2.45. The van der Waals surface area contributed by atoms with Crippen LogP contribution < -0.4 is 14.4 Å². The monoisotopic (exact) mass is 572 g/mol. The number of nitrogens with zero attached hydrogens (tertiary/aromatic N) is 2. The van der Waals surface area contributed by atoms with Gasteiger partial charge in [-0.1, -0.05) is 23.7 Å². The van der Waals surface area contributed by atoms with Gasteiger partial charge in [0.2, 0.25) is 0 Å². The van der Waals surface area contributed by atoms with Crippen LogP contribution in [0, 0.1) is 0 Å². The third-order valence-electron chi connectivity index (χ3n) is 7.10. The Morgan fingerprint density at radius 1 is 1.10 bits per heavy atom. The van der Waals surface area contributed by atoms with Gasteiger partial charge in [-0.2, -0.15) is 13.2 Å². The molecule has 212 valence electrons. The summed E-state index contributed by atoms with van der Waals surface area (Å²) in [7, 11) is 0. The van der Waals surface area contributed by atoms with Gasteiger partial charge in [0.05, 0.1) is 17.8 Å². The van der Waals surface area contributed by atoms with Crippen molar-refractivity contribution >= 4 is 29.2 Å². The molecule has 3 heterocycles. The maximum Gasteiger partial charge on any atom is 0.490 e. The van der Waals surface area contributed by atoms with Gasteiger partial charge in [-0.3, -0.25) is 4.90 Å². The third kappa shape index (κ3) is 6.87. The number of fused-ring (bicyclic) bond motifs is 1. The lowest BCUT2D eigenvalue weighted by atomic mass is 9.86. The standard InChI is InChI=1S/C24H27ClN2O5.C2HF3O2/c25-17-5-6-21-16(11-17)12-24(32-21)7-9-26(10-8-24)19-13-27(14-20(19)28)18-3-1-2-4-22(18)31-15-23(29)30;3-2(4,5)1(6)7/h1-6,11,19-20,28H,7-10,12-15H2,(H,29,30);(H,6,7)/t19?,20-;/m1./s1. The zero-order valence-electron chi connectivity index (χ0n) is 20.7. The first-order valence-electron chi connectivity index (χ1n) is 12.3. The number of ether oxygens (including phenoxy) is 2. The fourth-order valence-corrected chi connectivity index (χ4v) is 5.44. The van der Waals surface area contributed by atoms with Crippen LogP contribution in [0.15, 0.2) is 42.5 Å². The van der Waals surface area contributed by atoms with Gasteiger partial charge in [0.25, 0.3) is 0 Å². The summed E-state index contributed by atoms with van der Waals surface area (Å²) in [5.74, 6) is -2.31. The number of rotatable bonds is 5. The lowest BCUT2D eigenvalue weighted by Gasteiger charge is -2.41. The molecular weight excluding hydrogens is 545 g/mol. The Morgan fingerprint density at radius 2 is 1.77 bits per heavy atom. The molecule has 2 fully saturated rings. The van der Waals surface area contributed by atoms with Crippen LogP contribution in [-0.2, 0) is 16.0 Å². The number of hydrogen-bond donors (Lipinski definition) is 3. The van der Waals surface area contributed by atoms with E-state index in [9.17, 15) is 23.1 Å². The quantitative estimate of drug-likeness (QED) is 0.495. The van der Waals surface area contributed by atoms with Gasteiger partial charge < -0.3 is 29.7 Å². The van der Waals surface area contributed by atoms with E-state index in [1.807, 2.05) is 36.4 Å². The number of carboxylic acid groups (broad SMARTS) is 2. The first-order chi connectivity index (χ1) is 18.4.